The fourth-order valence-electron chi connectivity index (χ4n) is 4.42. The Morgan fingerprint density at radius 2 is 1.72 bits per heavy atom. The highest BCUT2D eigenvalue weighted by molar-refractivity contribution is 5.89. The molecule has 10 nitrogen and oxygen atoms in total. The molecule has 4 aromatic rings. The summed E-state index contributed by atoms with van der Waals surface area (Å²) in [5, 5.41) is 2.96. The van der Waals surface area contributed by atoms with Gasteiger partial charge in [-0.05, 0) is 36.4 Å². The number of fused-ring (bicyclic) bond motifs is 1. The first-order valence-electron chi connectivity index (χ1n) is 11.9. The van der Waals surface area contributed by atoms with Crippen molar-refractivity contribution in [2.75, 3.05) is 52.3 Å². The van der Waals surface area contributed by atoms with E-state index in [0.29, 0.717) is 30.3 Å². The van der Waals surface area contributed by atoms with Crippen LogP contribution in [0.1, 0.15) is 0 Å². The van der Waals surface area contributed by atoms with Gasteiger partial charge < -0.3 is 24.3 Å². The molecule has 36 heavy (non-hydrogen) atoms. The van der Waals surface area contributed by atoms with Crippen LogP contribution < -0.4 is 14.8 Å². The quantitative estimate of drug-likeness (QED) is 0.427. The molecule has 1 aromatic carbocycles. The largest absolute Gasteiger partial charge is 0.493 e. The van der Waals surface area contributed by atoms with Gasteiger partial charge in [0.1, 0.15) is 11.3 Å². The molecule has 4 heterocycles. The molecule has 1 N–H and O–H groups in total. The van der Waals surface area contributed by atoms with Crippen LogP contribution in [-0.4, -0.2) is 82.3 Å². The lowest BCUT2D eigenvalue weighted by atomic mass is 10.2. The van der Waals surface area contributed by atoms with E-state index in [1.54, 1.807) is 51.0 Å². The number of anilines is 1. The molecule has 2 amide bonds. The number of nitrogens with zero attached hydrogens (tertiary/aromatic N) is 6. The molecule has 0 unspecified atom stereocenters. The number of amides is 2. The average Bonchev–Trinajstić information content (AvgIpc) is 3.31. The minimum absolute atomic E-state index is 0.119. The average molecular weight is 488 g/mol. The molecule has 5 rings (SSSR count). The third-order valence-electron chi connectivity index (χ3n) is 6.38. The Labute approximate surface area is 209 Å². The summed E-state index contributed by atoms with van der Waals surface area (Å²) >= 11 is 0. The zero-order chi connectivity index (χ0) is 24.9. The van der Waals surface area contributed by atoms with Crippen LogP contribution in [0.3, 0.4) is 0 Å². The van der Waals surface area contributed by atoms with Gasteiger partial charge in [-0.1, -0.05) is 0 Å². The summed E-state index contributed by atoms with van der Waals surface area (Å²) in [6.45, 7) is 4.49. The molecule has 186 valence electrons. The van der Waals surface area contributed by atoms with Gasteiger partial charge in [-0.2, -0.15) is 0 Å². The van der Waals surface area contributed by atoms with E-state index in [1.807, 2.05) is 29.2 Å². The van der Waals surface area contributed by atoms with Crippen LogP contribution in [0.25, 0.3) is 22.6 Å². The Balaban J connectivity index is 1.20. The van der Waals surface area contributed by atoms with Gasteiger partial charge in [-0.3, -0.25) is 9.88 Å². The van der Waals surface area contributed by atoms with Crippen molar-refractivity contribution < 1.29 is 14.3 Å². The molecule has 0 spiro atoms. The number of hydrogen-bond acceptors (Lipinski definition) is 7. The highest BCUT2D eigenvalue weighted by Gasteiger charge is 2.22. The maximum Gasteiger partial charge on any atom is 0.321 e. The monoisotopic (exact) mass is 487 g/mol. The lowest BCUT2D eigenvalue weighted by molar-refractivity contribution is 0.145. The summed E-state index contributed by atoms with van der Waals surface area (Å²) in [6.07, 6.45) is 5.35. The zero-order valence-electron chi connectivity index (χ0n) is 20.4. The number of pyridine rings is 2. The maximum atomic E-state index is 12.8. The first-order chi connectivity index (χ1) is 17.7. The highest BCUT2D eigenvalue weighted by Crippen LogP contribution is 2.30. The molecule has 3 aromatic heterocycles. The normalized spacial score (nSPS) is 14.1. The van der Waals surface area contributed by atoms with E-state index >= 15 is 0 Å². The molecule has 1 aliphatic rings. The first-order valence-corrected chi connectivity index (χ1v) is 11.9. The number of aromatic nitrogens is 4. The van der Waals surface area contributed by atoms with Crippen LogP contribution in [0.15, 0.2) is 61.1 Å². The van der Waals surface area contributed by atoms with E-state index in [-0.39, 0.29) is 6.03 Å². The number of imidazole rings is 1. The van der Waals surface area contributed by atoms with Gasteiger partial charge in [0.25, 0.3) is 0 Å². The van der Waals surface area contributed by atoms with Crippen molar-refractivity contribution in [3.05, 3.63) is 61.1 Å². The predicted octanol–water partition coefficient (Wildman–Crippen LogP) is 3.36. The fourth-order valence-corrected chi connectivity index (χ4v) is 4.42. The molecule has 0 saturated carbocycles. The maximum absolute atomic E-state index is 12.8. The number of urea groups is 1. The van der Waals surface area contributed by atoms with E-state index in [1.165, 1.54) is 0 Å². The minimum atomic E-state index is -0.119. The van der Waals surface area contributed by atoms with Crippen LogP contribution >= 0.6 is 0 Å². The smallest absolute Gasteiger partial charge is 0.321 e. The van der Waals surface area contributed by atoms with Crippen molar-refractivity contribution in [3.63, 3.8) is 0 Å². The molecule has 1 saturated heterocycles. The number of rotatable bonds is 7. The van der Waals surface area contributed by atoms with Crippen molar-refractivity contribution >= 4 is 22.9 Å². The van der Waals surface area contributed by atoms with Crippen LogP contribution in [0.5, 0.6) is 11.5 Å². The van der Waals surface area contributed by atoms with E-state index in [2.05, 4.69) is 24.8 Å². The van der Waals surface area contributed by atoms with E-state index in [0.717, 1.165) is 48.7 Å². The van der Waals surface area contributed by atoms with Crippen LogP contribution in [-0.2, 0) is 6.54 Å². The van der Waals surface area contributed by atoms with Gasteiger partial charge >= 0.3 is 6.03 Å². The summed E-state index contributed by atoms with van der Waals surface area (Å²) in [5.41, 5.74) is 3.43. The van der Waals surface area contributed by atoms with Crippen LogP contribution in [0.2, 0.25) is 0 Å². The summed E-state index contributed by atoms with van der Waals surface area (Å²) in [4.78, 5) is 30.5. The number of carbonyl (C=O) groups excluding carboxylic acids is 1. The third-order valence-corrected chi connectivity index (χ3v) is 6.38. The second kappa shape index (κ2) is 10.6. The Morgan fingerprint density at radius 3 is 2.47 bits per heavy atom. The summed E-state index contributed by atoms with van der Waals surface area (Å²) < 4.78 is 12.8. The lowest BCUT2D eigenvalue weighted by Crippen LogP contribution is -2.50. The minimum Gasteiger partial charge on any atom is -0.493 e. The lowest BCUT2D eigenvalue weighted by Gasteiger charge is -2.34. The van der Waals surface area contributed by atoms with Crippen molar-refractivity contribution in [2.45, 2.75) is 6.54 Å². The molecular formula is C26H29N7O3. The number of carbonyl (C=O) groups is 1. The van der Waals surface area contributed by atoms with Gasteiger partial charge in [0.2, 0.25) is 0 Å². The Kier molecular flexibility index (Phi) is 6.94. The molecular weight excluding hydrogens is 458 g/mol. The van der Waals surface area contributed by atoms with Crippen molar-refractivity contribution in [1.82, 2.24) is 29.3 Å². The molecule has 10 heteroatoms. The predicted molar refractivity (Wildman–Crippen MR) is 137 cm³/mol. The van der Waals surface area contributed by atoms with Crippen molar-refractivity contribution in [2.24, 2.45) is 0 Å². The summed E-state index contributed by atoms with van der Waals surface area (Å²) in [6, 6.07) is 13.0. The third kappa shape index (κ3) is 4.94. The molecule has 1 fully saturated rings. The zero-order valence-corrected chi connectivity index (χ0v) is 20.4. The first kappa shape index (κ1) is 23.6. The fraction of sp³-hybridized carbons (Fsp3) is 0.308. The molecule has 0 atom stereocenters. The van der Waals surface area contributed by atoms with Crippen LogP contribution in [0, 0.1) is 0 Å². The topological polar surface area (TPSA) is 97.6 Å². The molecule has 0 radical (unpaired) electrons. The Morgan fingerprint density at radius 1 is 0.944 bits per heavy atom. The van der Waals surface area contributed by atoms with E-state index in [9.17, 15) is 4.79 Å². The number of hydrogen-bond donors (Lipinski definition) is 1. The van der Waals surface area contributed by atoms with Gasteiger partial charge in [0.05, 0.1) is 14.2 Å². The Hall–Kier alpha value is -4.18. The number of ether oxygens (including phenoxy) is 2. The number of benzene rings is 1. The molecule has 0 aliphatic carbocycles. The van der Waals surface area contributed by atoms with Gasteiger partial charge in [-0.25, -0.2) is 14.8 Å². The standard InChI is InChI=1S/C26H29N7O3/c1-35-22-6-5-20(18-23(22)36-2)29-26(34)32-15-12-31(13-16-32)14-17-33-24(19-7-10-27-11-8-19)30-21-4-3-9-28-25(21)33/h3-11,18H,12-17H2,1-2H3,(H,29,34). The summed E-state index contributed by atoms with van der Waals surface area (Å²) in [7, 11) is 3.16. The van der Waals surface area contributed by atoms with E-state index < -0.39 is 0 Å². The highest BCUT2D eigenvalue weighted by atomic mass is 16.5. The second-order valence-electron chi connectivity index (χ2n) is 8.50. The van der Waals surface area contributed by atoms with Gasteiger partial charge in [0, 0.05) is 75.2 Å². The Bertz CT molecular complexity index is 1330. The number of nitrogens with one attached hydrogen (secondary N) is 1. The SMILES string of the molecule is COc1ccc(NC(=O)N2CCN(CCn3c(-c4ccncc4)nc4cccnc43)CC2)cc1OC. The second-order valence-corrected chi connectivity index (χ2v) is 8.50. The van der Waals surface area contributed by atoms with Gasteiger partial charge in [0.15, 0.2) is 17.1 Å². The summed E-state index contributed by atoms with van der Waals surface area (Å²) in [5.74, 6) is 2.09. The molecule has 0 bridgehead atoms. The number of methoxy groups -OCH3 is 2. The van der Waals surface area contributed by atoms with Gasteiger partial charge in [-0.15, -0.1) is 0 Å². The van der Waals surface area contributed by atoms with Crippen molar-refractivity contribution in [1.29, 1.82) is 0 Å². The van der Waals surface area contributed by atoms with Crippen molar-refractivity contribution in [3.8, 4) is 22.9 Å². The van der Waals surface area contributed by atoms with Crippen LogP contribution in [0.4, 0.5) is 10.5 Å². The van der Waals surface area contributed by atoms with E-state index in [4.69, 9.17) is 14.5 Å². The number of piperazine rings is 1. The molecule has 1 aliphatic heterocycles.